The summed E-state index contributed by atoms with van der Waals surface area (Å²) in [6, 6.07) is 7.47. The first-order chi connectivity index (χ1) is 13.7. The summed E-state index contributed by atoms with van der Waals surface area (Å²) in [4.78, 5) is 7.23. The molecule has 3 nitrogen and oxygen atoms in total. The zero-order valence-corrected chi connectivity index (χ0v) is 19.7. The van der Waals surface area contributed by atoms with Gasteiger partial charge in [0, 0.05) is 30.4 Å². The molecule has 1 aliphatic rings. The van der Waals surface area contributed by atoms with Gasteiger partial charge >= 0.3 is 0 Å². The van der Waals surface area contributed by atoms with Crippen molar-refractivity contribution in [1.82, 2.24) is 9.38 Å². The van der Waals surface area contributed by atoms with Crippen LogP contribution < -0.4 is 4.48 Å². The van der Waals surface area contributed by atoms with Gasteiger partial charge in [-0.25, -0.2) is 9.48 Å². The van der Waals surface area contributed by atoms with Gasteiger partial charge in [0.05, 0.1) is 19.8 Å². The van der Waals surface area contributed by atoms with Crippen molar-refractivity contribution < 1.29 is 0 Å². The van der Waals surface area contributed by atoms with Gasteiger partial charge in [-0.1, -0.05) is 39.0 Å². The average molecular weight is 395 g/mol. The fourth-order valence-corrected chi connectivity index (χ4v) is 3.79. The van der Waals surface area contributed by atoms with E-state index in [0.717, 1.165) is 42.1 Å². The number of hydrogen-bond acceptors (Lipinski definition) is 2. The van der Waals surface area contributed by atoms with Crippen LogP contribution in [0.5, 0.6) is 0 Å². The largest absolute Gasteiger partial charge is 0.372 e. The Morgan fingerprint density at radius 3 is 2.38 bits per heavy atom. The lowest BCUT2D eigenvalue weighted by Gasteiger charge is -2.29. The van der Waals surface area contributed by atoms with Gasteiger partial charge in [0.15, 0.2) is 0 Å². The summed E-state index contributed by atoms with van der Waals surface area (Å²) in [5, 5.41) is 0. The minimum Gasteiger partial charge on any atom is -0.372 e. The zero-order valence-electron chi connectivity index (χ0n) is 19.7. The molecule has 158 valence electrons. The fraction of sp³-hybridized carbons (Fsp3) is 0.500. The number of aryl methyl sites for hydroxylation is 2. The Labute approximate surface area is 178 Å². The predicted octanol–water partition coefficient (Wildman–Crippen LogP) is 6.25. The molecule has 0 bridgehead atoms. The molecule has 0 saturated heterocycles. The predicted molar refractivity (Wildman–Crippen MR) is 129 cm³/mol. The average Bonchev–Trinajstić information content (AvgIpc) is 3.53. The highest BCUT2D eigenvalue weighted by Gasteiger charge is 2.29. The van der Waals surface area contributed by atoms with Crippen molar-refractivity contribution in [3.63, 3.8) is 0 Å². The number of aliphatic imine (C=N–C) groups is 1. The van der Waals surface area contributed by atoms with Crippen molar-refractivity contribution in [2.45, 2.75) is 65.8 Å². The molecule has 3 heteroatoms. The number of quaternary nitrogens is 1. The molecule has 0 amide bonds. The Morgan fingerprint density at radius 2 is 1.86 bits per heavy atom. The van der Waals surface area contributed by atoms with Crippen LogP contribution in [0.25, 0.3) is 0 Å². The van der Waals surface area contributed by atoms with Gasteiger partial charge in [0.25, 0.3) is 0 Å². The molecule has 29 heavy (non-hydrogen) atoms. The smallest absolute Gasteiger partial charge is 0.225 e. The van der Waals surface area contributed by atoms with Crippen molar-refractivity contribution in [2.75, 3.05) is 21.1 Å². The Morgan fingerprint density at radius 1 is 1.21 bits per heavy atom. The van der Waals surface area contributed by atoms with E-state index in [2.05, 4.69) is 91.2 Å². The van der Waals surface area contributed by atoms with E-state index in [9.17, 15) is 0 Å². The second-order valence-corrected chi connectivity index (χ2v) is 8.61. The molecule has 0 atom stereocenters. The van der Waals surface area contributed by atoms with Crippen LogP contribution in [-0.2, 0) is 12.8 Å². The van der Waals surface area contributed by atoms with E-state index in [1.165, 1.54) is 29.7 Å². The number of nitrogens with zero attached hydrogens (tertiary/aromatic N) is 3. The summed E-state index contributed by atoms with van der Waals surface area (Å²) in [6.07, 6.45) is 7.97. The number of likely N-dealkylation sites (N-methyl/N-ethyl adjacent to an activating group) is 1. The van der Waals surface area contributed by atoms with E-state index >= 15 is 0 Å². The van der Waals surface area contributed by atoms with Gasteiger partial charge in [0.1, 0.15) is 5.69 Å². The number of hydrogen-bond donors (Lipinski definition) is 0. The summed E-state index contributed by atoms with van der Waals surface area (Å²) in [6.45, 7) is 17.3. The number of benzene rings is 1. The zero-order chi connectivity index (χ0) is 21.8. The Bertz CT molecular complexity index is 822. The monoisotopic (exact) mass is 394 g/mol. The highest BCUT2D eigenvalue weighted by atomic mass is 15.4. The van der Waals surface area contributed by atoms with E-state index in [-0.39, 0.29) is 0 Å². The normalized spacial score (nSPS) is 15.4. The van der Waals surface area contributed by atoms with Gasteiger partial charge in [-0.05, 0) is 63.3 Å². The summed E-state index contributed by atoms with van der Waals surface area (Å²) in [5.74, 6) is 0.829. The van der Waals surface area contributed by atoms with Crippen LogP contribution in [0.15, 0.2) is 59.5 Å². The molecule has 1 aromatic rings. The second-order valence-electron chi connectivity index (χ2n) is 8.61. The van der Waals surface area contributed by atoms with Crippen LogP contribution in [0.4, 0.5) is 5.69 Å². The molecule has 1 fully saturated rings. The van der Waals surface area contributed by atoms with Crippen LogP contribution in [0.1, 0.15) is 58.1 Å². The Balaban J connectivity index is 2.29. The molecule has 0 N–H and O–H groups in total. The summed E-state index contributed by atoms with van der Waals surface area (Å²) in [7, 11) is 6.46. The molecule has 0 aliphatic heterocycles. The van der Waals surface area contributed by atoms with E-state index in [4.69, 9.17) is 4.99 Å². The molecule has 1 saturated carbocycles. The maximum Gasteiger partial charge on any atom is 0.225 e. The highest BCUT2D eigenvalue weighted by Crippen LogP contribution is 2.32. The second kappa shape index (κ2) is 9.58. The molecule has 0 unspecified atom stereocenters. The van der Waals surface area contributed by atoms with Crippen molar-refractivity contribution in [3.05, 3.63) is 65.7 Å². The number of allylic oxidation sites excluding steroid dienone is 2. The van der Waals surface area contributed by atoms with Gasteiger partial charge < -0.3 is 4.90 Å². The minimum absolute atomic E-state index is 0.542. The lowest BCUT2D eigenvalue weighted by molar-refractivity contribution is 0.419. The van der Waals surface area contributed by atoms with Gasteiger partial charge in [-0.3, -0.25) is 0 Å². The molecule has 1 aliphatic carbocycles. The lowest BCUT2D eigenvalue weighted by Crippen LogP contribution is -2.38. The Hall–Kier alpha value is -2.13. The van der Waals surface area contributed by atoms with E-state index < -0.39 is 0 Å². The van der Waals surface area contributed by atoms with Crippen molar-refractivity contribution in [3.8, 4) is 0 Å². The van der Waals surface area contributed by atoms with Gasteiger partial charge in [0.2, 0.25) is 5.82 Å². The van der Waals surface area contributed by atoms with Gasteiger partial charge in [-0.2, -0.15) is 0 Å². The third kappa shape index (κ3) is 5.27. The van der Waals surface area contributed by atoms with Crippen LogP contribution in [0.2, 0.25) is 0 Å². The molecule has 0 radical (unpaired) electrons. The molecule has 0 heterocycles. The van der Waals surface area contributed by atoms with Crippen LogP contribution in [0.3, 0.4) is 0 Å². The topological polar surface area (TPSA) is 15.6 Å². The third-order valence-electron chi connectivity index (χ3n) is 6.19. The summed E-state index contributed by atoms with van der Waals surface area (Å²) < 4.78 is 0.542. The minimum atomic E-state index is 0.542. The standard InChI is InChI=1S/C26H40N3/c1-10-13-23-18-25(17-14-22(23)11-2)29(8,9)21(6)27-19(4)26(12-3)20(5)28(7)24-15-16-24/h12,14,17-18,24H,5-6,10-11,13,15-16H2,1-4,7-9H3/q+1/b26-12+,27-19-. The van der Waals surface area contributed by atoms with Crippen molar-refractivity contribution in [2.24, 2.45) is 4.99 Å². The van der Waals surface area contributed by atoms with E-state index in [1.807, 2.05) is 0 Å². The number of rotatable bonds is 10. The van der Waals surface area contributed by atoms with Crippen molar-refractivity contribution in [1.29, 1.82) is 0 Å². The highest BCUT2D eigenvalue weighted by molar-refractivity contribution is 6.02. The third-order valence-corrected chi connectivity index (χ3v) is 6.19. The van der Waals surface area contributed by atoms with Gasteiger partial charge in [-0.15, -0.1) is 0 Å². The molecule has 2 rings (SSSR count). The quantitative estimate of drug-likeness (QED) is 0.260. The Kier molecular flexibility index (Phi) is 7.65. The van der Waals surface area contributed by atoms with Crippen LogP contribution >= 0.6 is 0 Å². The first kappa shape index (κ1) is 23.2. The summed E-state index contributed by atoms with van der Waals surface area (Å²) in [5.41, 5.74) is 7.24. The first-order valence-corrected chi connectivity index (χ1v) is 11.0. The molecule has 1 aromatic carbocycles. The maximum absolute atomic E-state index is 4.94. The molecular weight excluding hydrogens is 354 g/mol. The lowest BCUT2D eigenvalue weighted by atomic mass is 10.00. The summed E-state index contributed by atoms with van der Waals surface area (Å²) >= 11 is 0. The first-order valence-electron chi connectivity index (χ1n) is 11.0. The molecular formula is C26H40N3+. The maximum atomic E-state index is 4.94. The van der Waals surface area contributed by atoms with Crippen molar-refractivity contribution >= 4 is 11.4 Å². The fourth-order valence-electron chi connectivity index (χ4n) is 3.79. The van der Waals surface area contributed by atoms with E-state index in [0.29, 0.717) is 10.5 Å². The molecule has 0 aromatic heterocycles. The van der Waals surface area contributed by atoms with E-state index in [1.54, 1.807) is 0 Å². The molecule has 0 spiro atoms. The van der Waals surface area contributed by atoms with Crippen LogP contribution in [-0.4, -0.2) is 37.8 Å². The SMILES string of the molecule is C=C(C(=C/C)/C(C)=N\C(=C)[N+](C)(C)c1ccc(CC)c(CCC)c1)N(C)C1CC1. The van der Waals surface area contributed by atoms with Crippen LogP contribution in [0, 0.1) is 0 Å².